The summed E-state index contributed by atoms with van der Waals surface area (Å²) in [5.74, 6) is 1.40. The summed E-state index contributed by atoms with van der Waals surface area (Å²) in [6, 6.07) is 12.6. The number of fused-ring (bicyclic) bond motifs is 1. The molecule has 0 spiro atoms. The largest absolute Gasteiger partial charge is 0.440 e. The van der Waals surface area contributed by atoms with E-state index in [1.54, 1.807) is 0 Å². The van der Waals surface area contributed by atoms with E-state index in [2.05, 4.69) is 20.0 Å². The number of aromatic nitrogens is 3. The summed E-state index contributed by atoms with van der Waals surface area (Å²) in [6.07, 6.45) is -2.48. The molecule has 2 aromatic carbocycles. The molecular weight excluding hydrogens is 409 g/mol. The van der Waals surface area contributed by atoms with Crippen LogP contribution in [0.15, 0.2) is 57.5 Å². The molecule has 0 bridgehead atoms. The van der Waals surface area contributed by atoms with Crippen LogP contribution in [0.3, 0.4) is 0 Å². The fourth-order valence-electron chi connectivity index (χ4n) is 3.93. The van der Waals surface area contributed by atoms with Crippen LogP contribution in [-0.4, -0.2) is 33.1 Å². The van der Waals surface area contributed by atoms with E-state index in [-0.39, 0.29) is 17.3 Å². The second-order valence-corrected chi connectivity index (χ2v) is 7.68. The molecule has 5 rings (SSSR count). The zero-order valence-electron chi connectivity index (χ0n) is 16.5. The minimum Gasteiger partial charge on any atom is -0.440 e. The molecular formula is C22H19F3N4O2. The van der Waals surface area contributed by atoms with Crippen molar-refractivity contribution in [2.75, 3.05) is 13.1 Å². The Labute approximate surface area is 175 Å². The topological polar surface area (TPSA) is 68.2 Å². The van der Waals surface area contributed by atoms with E-state index in [1.807, 2.05) is 24.3 Å². The van der Waals surface area contributed by atoms with Gasteiger partial charge in [-0.15, -0.1) is 0 Å². The highest BCUT2D eigenvalue weighted by atomic mass is 19.4. The van der Waals surface area contributed by atoms with Gasteiger partial charge in [-0.25, -0.2) is 4.98 Å². The Bertz CT molecular complexity index is 1170. The highest BCUT2D eigenvalue weighted by Crippen LogP contribution is 2.32. The first-order valence-corrected chi connectivity index (χ1v) is 10.0. The van der Waals surface area contributed by atoms with Gasteiger partial charge in [-0.3, -0.25) is 4.90 Å². The molecule has 0 radical (unpaired) electrons. The number of hydrogen-bond acceptors (Lipinski definition) is 6. The van der Waals surface area contributed by atoms with Gasteiger partial charge in [-0.05, 0) is 43.7 Å². The van der Waals surface area contributed by atoms with Gasteiger partial charge in [0.2, 0.25) is 11.7 Å². The van der Waals surface area contributed by atoms with E-state index in [1.165, 1.54) is 12.1 Å². The smallest absolute Gasteiger partial charge is 0.416 e. The van der Waals surface area contributed by atoms with Crippen molar-refractivity contribution in [3.05, 3.63) is 65.9 Å². The van der Waals surface area contributed by atoms with E-state index in [4.69, 9.17) is 8.94 Å². The lowest BCUT2D eigenvalue weighted by Gasteiger charge is -2.29. The monoisotopic (exact) mass is 428 g/mol. The van der Waals surface area contributed by atoms with Gasteiger partial charge in [0.1, 0.15) is 5.52 Å². The number of likely N-dealkylation sites (tertiary alicyclic amines) is 1. The molecule has 160 valence electrons. The molecule has 1 aliphatic heterocycles. The van der Waals surface area contributed by atoms with Gasteiger partial charge in [0.25, 0.3) is 0 Å². The summed E-state index contributed by atoms with van der Waals surface area (Å²) in [4.78, 5) is 11.1. The van der Waals surface area contributed by atoms with Gasteiger partial charge in [-0.2, -0.15) is 18.2 Å². The Morgan fingerprint density at radius 1 is 1.06 bits per heavy atom. The van der Waals surface area contributed by atoms with Crippen LogP contribution in [0.4, 0.5) is 13.2 Å². The van der Waals surface area contributed by atoms with Crippen LogP contribution < -0.4 is 0 Å². The molecule has 1 saturated heterocycles. The number of para-hydroxylation sites is 2. The molecule has 6 nitrogen and oxygen atoms in total. The first kappa shape index (κ1) is 19.7. The molecule has 9 heteroatoms. The van der Waals surface area contributed by atoms with E-state index < -0.39 is 11.7 Å². The second kappa shape index (κ2) is 7.81. The molecule has 0 amide bonds. The van der Waals surface area contributed by atoms with Crippen molar-refractivity contribution >= 4 is 11.1 Å². The molecule has 31 heavy (non-hydrogen) atoms. The van der Waals surface area contributed by atoms with Crippen molar-refractivity contribution in [1.82, 2.24) is 20.0 Å². The number of hydrogen-bond donors (Lipinski definition) is 0. The molecule has 1 atom stereocenters. The summed E-state index contributed by atoms with van der Waals surface area (Å²) < 4.78 is 50.1. The lowest BCUT2D eigenvalue weighted by atomic mass is 9.98. The third kappa shape index (κ3) is 4.18. The summed E-state index contributed by atoms with van der Waals surface area (Å²) in [6.45, 7) is 2.01. The van der Waals surface area contributed by atoms with E-state index in [0.717, 1.165) is 55.1 Å². The number of rotatable bonds is 4. The lowest BCUT2D eigenvalue weighted by molar-refractivity contribution is -0.137. The molecule has 2 aromatic heterocycles. The maximum absolute atomic E-state index is 13.0. The van der Waals surface area contributed by atoms with Gasteiger partial charge in [0, 0.05) is 18.0 Å². The predicted molar refractivity (Wildman–Crippen MR) is 106 cm³/mol. The van der Waals surface area contributed by atoms with Crippen molar-refractivity contribution in [1.29, 1.82) is 0 Å². The van der Waals surface area contributed by atoms with Gasteiger partial charge in [0.05, 0.1) is 12.1 Å². The predicted octanol–water partition coefficient (Wildman–Crippen LogP) is 5.28. The van der Waals surface area contributed by atoms with Gasteiger partial charge in [0.15, 0.2) is 11.5 Å². The third-order valence-corrected chi connectivity index (χ3v) is 5.44. The molecule has 0 N–H and O–H groups in total. The molecule has 1 aliphatic rings. The molecule has 4 aromatic rings. The average Bonchev–Trinajstić information content (AvgIpc) is 3.40. The normalized spacial score (nSPS) is 18.0. The fraction of sp³-hybridized carbons (Fsp3) is 0.318. The Morgan fingerprint density at radius 3 is 2.77 bits per heavy atom. The first-order valence-electron chi connectivity index (χ1n) is 10.0. The van der Waals surface area contributed by atoms with Crippen molar-refractivity contribution in [3.63, 3.8) is 0 Å². The number of piperidine rings is 1. The summed E-state index contributed by atoms with van der Waals surface area (Å²) >= 11 is 0. The van der Waals surface area contributed by atoms with E-state index in [0.29, 0.717) is 12.4 Å². The zero-order valence-corrected chi connectivity index (χ0v) is 16.5. The van der Waals surface area contributed by atoms with Crippen LogP contribution in [0.5, 0.6) is 0 Å². The average molecular weight is 428 g/mol. The number of alkyl halides is 3. The van der Waals surface area contributed by atoms with Crippen LogP contribution in [0, 0.1) is 0 Å². The molecule has 1 fully saturated rings. The zero-order chi connectivity index (χ0) is 21.4. The van der Waals surface area contributed by atoms with Crippen LogP contribution >= 0.6 is 0 Å². The number of oxazole rings is 1. The van der Waals surface area contributed by atoms with Crippen LogP contribution in [0.1, 0.15) is 36.1 Å². The van der Waals surface area contributed by atoms with Crippen molar-refractivity contribution in [2.45, 2.75) is 31.5 Å². The SMILES string of the molecule is FC(F)(F)c1cccc(-c2noc(CN3CCC[C@H](c4nc5ccccc5o4)C3)n2)c1. The third-order valence-electron chi connectivity index (χ3n) is 5.44. The van der Waals surface area contributed by atoms with Crippen molar-refractivity contribution in [2.24, 2.45) is 0 Å². The van der Waals surface area contributed by atoms with Gasteiger partial charge in [-0.1, -0.05) is 29.4 Å². The van der Waals surface area contributed by atoms with Gasteiger partial charge < -0.3 is 8.94 Å². The molecule has 0 unspecified atom stereocenters. The highest BCUT2D eigenvalue weighted by Gasteiger charge is 2.31. The maximum Gasteiger partial charge on any atom is 0.416 e. The number of nitrogens with zero attached hydrogens (tertiary/aromatic N) is 4. The summed E-state index contributed by atoms with van der Waals surface area (Å²) in [5, 5.41) is 3.87. The minimum absolute atomic E-state index is 0.147. The van der Waals surface area contributed by atoms with E-state index >= 15 is 0 Å². The second-order valence-electron chi connectivity index (χ2n) is 7.68. The minimum atomic E-state index is -4.42. The van der Waals surface area contributed by atoms with Crippen molar-refractivity contribution in [3.8, 4) is 11.4 Å². The lowest BCUT2D eigenvalue weighted by Crippen LogP contribution is -2.34. The van der Waals surface area contributed by atoms with Gasteiger partial charge >= 0.3 is 6.18 Å². The van der Waals surface area contributed by atoms with Crippen LogP contribution in [0.25, 0.3) is 22.5 Å². The quantitative estimate of drug-likeness (QED) is 0.441. The molecule has 0 saturated carbocycles. The number of benzene rings is 2. The summed E-state index contributed by atoms with van der Waals surface area (Å²) in [7, 11) is 0. The standard InChI is InChI=1S/C22H19F3N4O2/c23-22(24,25)16-7-3-5-14(11-16)20-27-19(31-28-20)13-29-10-4-6-15(12-29)21-26-17-8-1-2-9-18(17)30-21/h1-3,5,7-9,11,15H,4,6,10,12-13H2/t15-/m0/s1. The molecule has 0 aliphatic carbocycles. The Hall–Kier alpha value is -3.20. The fourth-order valence-corrected chi connectivity index (χ4v) is 3.93. The highest BCUT2D eigenvalue weighted by molar-refractivity contribution is 5.72. The Morgan fingerprint density at radius 2 is 1.94 bits per heavy atom. The maximum atomic E-state index is 13.0. The molecule has 3 heterocycles. The number of halogens is 3. The Balaban J connectivity index is 1.29. The van der Waals surface area contributed by atoms with E-state index in [9.17, 15) is 13.2 Å². The van der Waals surface area contributed by atoms with Crippen LogP contribution in [-0.2, 0) is 12.7 Å². The van der Waals surface area contributed by atoms with Crippen LogP contribution in [0.2, 0.25) is 0 Å². The Kier molecular flexibility index (Phi) is 4.97. The summed E-state index contributed by atoms with van der Waals surface area (Å²) in [5.41, 5.74) is 1.15. The first-order chi connectivity index (χ1) is 15.0. The van der Waals surface area contributed by atoms with Crippen molar-refractivity contribution < 1.29 is 22.1 Å².